The largest absolute Gasteiger partial charge is 0.367 e. The highest BCUT2D eigenvalue weighted by molar-refractivity contribution is 5.94. The minimum atomic E-state index is 0.111. The van der Waals surface area contributed by atoms with Crippen LogP contribution < -0.4 is 4.90 Å². The van der Waals surface area contributed by atoms with E-state index in [1.54, 1.807) is 0 Å². The number of benzene rings is 1. The summed E-state index contributed by atoms with van der Waals surface area (Å²) in [4.78, 5) is 24.6. The zero-order valence-electron chi connectivity index (χ0n) is 14.9. The van der Waals surface area contributed by atoms with E-state index in [-0.39, 0.29) is 5.91 Å². The molecule has 2 aromatic heterocycles. The van der Waals surface area contributed by atoms with E-state index in [1.165, 1.54) is 0 Å². The number of rotatable bonds is 3. The van der Waals surface area contributed by atoms with Crippen molar-refractivity contribution in [1.29, 1.82) is 0 Å². The zero-order valence-corrected chi connectivity index (χ0v) is 14.9. The average Bonchev–Trinajstić information content (AvgIpc) is 3.11. The van der Waals surface area contributed by atoms with Crippen molar-refractivity contribution in [3.8, 4) is 0 Å². The molecule has 1 saturated heterocycles. The van der Waals surface area contributed by atoms with Crippen LogP contribution in [0.4, 0.5) is 5.69 Å². The van der Waals surface area contributed by atoms with Crippen LogP contribution in [0.1, 0.15) is 22.8 Å². The molecule has 0 bridgehead atoms. The van der Waals surface area contributed by atoms with Gasteiger partial charge < -0.3 is 14.8 Å². The number of carbonyl (C=O) groups is 1. The maximum atomic E-state index is 12.6. The molecule has 0 aliphatic carbocycles. The topological polar surface area (TPSA) is 52.2 Å². The second kappa shape index (κ2) is 7.04. The molecule has 1 N–H and O–H groups in total. The number of allylic oxidation sites excluding steroid dienone is 1. The van der Waals surface area contributed by atoms with Crippen molar-refractivity contribution >= 4 is 28.7 Å². The number of piperazine rings is 1. The Morgan fingerprint density at radius 1 is 1.15 bits per heavy atom. The van der Waals surface area contributed by atoms with Gasteiger partial charge in [0.2, 0.25) is 0 Å². The molecule has 4 rings (SSSR count). The van der Waals surface area contributed by atoms with Crippen LogP contribution in [0, 0.1) is 0 Å². The van der Waals surface area contributed by atoms with Crippen molar-refractivity contribution in [3.63, 3.8) is 0 Å². The van der Waals surface area contributed by atoms with Crippen molar-refractivity contribution in [2.24, 2.45) is 0 Å². The minimum absolute atomic E-state index is 0.111. The van der Waals surface area contributed by atoms with Gasteiger partial charge in [0.25, 0.3) is 5.91 Å². The van der Waals surface area contributed by atoms with Crippen LogP contribution in [0.15, 0.2) is 54.9 Å². The maximum Gasteiger partial charge on any atom is 0.253 e. The van der Waals surface area contributed by atoms with E-state index in [4.69, 9.17) is 0 Å². The van der Waals surface area contributed by atoms with E-state index in [0.717, 1.165) is 54.0 Å². The van der Waals surface area contributed by atoms with Crippen molar-refractivity contribution in [2.75, 3.05) is 31.1 Å². The molecule has 3 heterocycles. The first-order valence-corrected chi connectivity index (χ1v) is 8.95. The van der Waals surface area contributed by atoms with Gasteiger partial charge in [-0.1, -0.05) is 30.4 Å². The van der Waals surface area contributed by atoms with Crippen molar-refractivity contribution in [2.45, 2.75) is 6.92 Å². The number of anilines is 1. The van der Waals surface area contributed by atoms with Crippen LogP contribution >= 0.6 is 0 Å². The van der Waals surface area contributed by atoms with Crippen LogP contribution in [0.5, 0.6) is 0 Å². The van der Waals surface area contributed by atoms with E-state index >= 15 is 0 Å². The molecule has 0 radical (unpaired) electrons. The van der Waals surface area contributed by atoms with Gasteiger partial charge in [0.1, 0.15) is 5.65 Å². The molecule has 5 nitrogen and oxygen atoms in total. The van der Waals surface area contributed by atoms with Crippen LogP contribution in [0.2, 0.25) is 0 Å². The molecule has 1 aliphatic rings. The molecular weight excluding hydrogens is 324 g/mol. The average molecular weight is 346 g/mol. The number of carbonyl (C=O) groups excluding carboxylic acids is 1. The number of aromatic nitrogens is 2. The van der Waals surface area contributed by atoms with Crippen LogP contribution in [-0.2, 0) is 0 Å². The predicted molar refractivity (Wildman–Crippen MR) is 105 cm³/mol. The number of H-pyrrole nitrogens is 1. The fraction of sp³-hybridized carbons (Fsp3) is 0.238. The number of amides is 1. The lowest BCUT2D eigenvalue weighted by molar-refractivity contribution is 0.0747. The molecule has 0 spiro atoms. The number of nitrogens with one attached hydrogen (secondary N) is 1. The fourth-order valence-electron chi connectivity index (χ4n) is 3.43. The summed E-state index contributed by atoms with van der Waals surface area (Å²) in [6.45, 7) is 5.09. The smallest absolute Gasteiger partial charge is 0.253 e. The molecule has 0 saturated carbocycles. The van der Waals surface area contributed by atoms with E-state index in [2.05, 4.69) is 27.0 Å². The Morgan fingerprint density at radius 3 is 2.65 bits per heavy atom. The molecule has 0 atom stereocenters. The molecular formula is C21H22N4O. The Bertz CT molecular complexity index is 937. The number of aromatic amines is 1. The fourth-order valence-corrected chi connectivity index (χ4v) is 3.43. The normalized spacial score (nSPS) is 15.1. The molecule has 1 fully saturated rings. The first-order chi connectivity index (χ1) is 12.8. The molecule has 5 heteroatoms. The monoisotopic (exact) mass is 346 g/mol. The SMILES string of the molecule is C/C=C/c1c[nH]c2ncc(N3CCN(C(=O)c4ccccc4)CC3)cc12. The standard InChI is InChI=1S/C21H22N4O/c1-2-6-17-14-22-20-19(17)13-18(15-23-20)24-9-11-25(12-10-24)21(26)16-7-4-3-5-8-16/h2-8,13-15H,9-12H2,1H3,(H,22,23)/b6-2+. The van der Waals surface area contributed by atoms with E-state index in [1.807, 2.05) is 60.6 Å². The molecule has 26 heavy (non-hydrogen) atoms. The van der Waals surface area contributed by atoms with Gasteiger partial charge in [0, 0.05) is 48.9 Å². The third kappa shape index (κ3) is 3.08. The second-order valence-electron chi connectivity index (χ2n) is 6.48. The molecule has 0 unspecified atom stereocenters. The second-order valence-corrected chi connectivity index (χ2v) is 6.48. The Balaban J connectivity index is 1.48. The predicted octanol–water partition coefficient (Wildman–Crippen LogP) is 3.56. The molecule has 3 aromatic rings. The summed E-state index contributed by atoms with van der Waals surface area (Å²) in [5.41, 5.74) is 3.91. The third-order valence-corrected chi connectivity index (χ3v) is 4.85. The van der Waals surface area contributed by atoms with Gasteiger partial charge in [0.15, 0.2) is 0 Å². The van der Waals surface area contributed by atoms with Crippen LogP contribution in [0.25, 0.3) is 17.1 Å². The Morgan fingerprint density at radius 2 is 1.92 bits per heavy atom. The first kappa shape index (κ1) is 16.4. The quantitative estimate of drug-likeness (QED) is 0.789. The van der Waals surface area contributed by atoms with Crippen molar-refractivity contribution in [1.82, 2.24) is 14.9 Å². The lowest BCUT2D eigenvalue weighted by atomic mass is 10.1. The molecule has 1 aromatic carbocycles. The summed E-state index contributed by atoms with van der Waals surface area (Å²) in [5, 5.41) is 1.13. The summed E-state index contributed by atoms with van der Waals surface area (Å²) < 4.78 is 0. The number of hydrogen-bond donors (Lipinski definition) is 1. The van der Waals surface area contributed by atoms with Crippen LogP contribution in [0.3, 0.4) is 0 Å². The van der Waals surface area contributed by atoms with E-state index < -0.39 is 0 Å². The van der Waals surface area contributed by atoms with Crippen LogP contribution in [-0.4, -0.2) is 47.0 Å². The summed E-state index contributed by atoms with van der Waals surface area (Å²) in [5.74, 6) is 0.111. The Kier molecular flexibility index (Phi) is 4.44. The van der Waals surface area contributed by atoms with Gasteiger partial charge in [-0.15, -0.1) is 0 Å². The molecule has 1 aliphatic heterocycles. The number of hydrogen-bond acceptors (Lipinski definition) is 3. The molecule has 1 amide bonds. The lowest BCUT2D eigenvalue weighted by Gasteiger charge is -2.36. The number of fused-ring (bicyclic) bond motifs is 1. The van der Waals surface area contributed by atoms with Gasteiger partial charge in [-0.2, -0.15) is 0 Å². The summed E-state index contributed by atoms with van der Waals surface area (Å²) >= 11 is 0. The van der Waals surface area contributed by atoms with E-state index in [9.17, 15) is 4.79 Å². The van der Waals surface area contributed by atoms with E-state index in [0.29, 0.717) is 0 Å². The third-order valence-electron chi connectivity index (χ3n) is 4.85. The van der Waals surface area contributed by atoms with Gasteiger partial charge in [-0.25, -0.2) is 4.98 Å². The summed E-state index contributed by atoms with van der Waals surface area (Å²) in [7, 11) is 0. The maximum absolute atomic E-state index is 12.6. The minimum Gasteiger partial charge on any atom is -0.367 e. The number of nitrogens with zero attached hydrogens (tertiary/aromatic N) is 3. The van der Waals surface area contributed by atoms with Gasteiger partial charge in [0.05, 0.1) is 11.9 Å². The summed E-state index contributed by atoms with van der Waals surface area (Å²) in [6, 6.07) is 11.7. The van der Waals surface area contributed by atoms with Crippen molar-refractivity contribution in [3.05, 3.63) is 66.0 Å². The van der Waals surface area contributed by atoms with Gasteiger partial charge in [-0.3, -0.25) is 4.79 Å². The highest BCUT2D eigenvalue weighted by Crippen LogP contribution is 2.24. The Labute approximate surface area is 153 Å². The highest BCUT2D eigenvalue weighted by atomic mass is 16.2. The first-order valence-electron chi connectivity index (χ1n) is 8.95. The van der Waals surface area contributed by atoms with Gasteiger partial charge >= 0.3 is 0 Å². The molecule has 132 valence electrons. The van der Waals surface area contributed by atoms with Gasteiger partial charge in [-0.05, 0) is 25.1 Å². The zero-order chi connectivity index (χ0) is 17.9. The number of pyridine rings is 1. The lowest BCUT2D eigenvalue weighted by Crippen LogP contribution is -2.48. The Hall–Kier alpha value is -3.08. The van der Waals surface area contributed by atoms with Crippen molar-refractivity contribution < 1.29 is 4.79 Å². The summed E-state index contributed by atoms with van der Waals surface area (Å²) in [6.07, 6.45) is 8.01. The highest BCUT2D eigenvalue weighted by Gasteiger charge is 2.22.